The van der Waals surface area contributed by atoms with E-state index in [4.69, 9.17) is 0 Å². The number of alkyl halides is 2. The Hall–Kier alpha value is 1.46. The van der Waals surface area contributed by atoms with Crippen LogP contribution in [-0.2, 0) is 0 Å². The molecular weight excluding hydrogens is 326 g/mol. The van der Waals surface area contributed by atoms with E-state index in [9.17, 15) is 0 Å². The molecule has 0 rings (SSSR count). The van der Waals surface area contributed by atoms with E-state index in [0.29, 0.717) is 5.41 Å². The van der Waals surface area contributed by atoms with Crippen molar-refractivity contribution in [2.45, 2.75) is 29.1 Å². The third-order valence-electron chi connectivity index (χ3n) is 1.50. The highest BCUT2D eigenvalue weighted by Crippen LogP contribution is 2.34. The minimum Gasteiger partial charge on any atom is -0.0704 e. The van der Waals surface area contributed by atoms with Crippen molar-refractivity contribution in [3.63, 3.8) is 0 Å². The van der Waals surface area contributed by atoms with Crippen LogP contribution in [0, 0.1) is 5.41 Å². The second-order valence-electron chi connectivity index (χ2n) is 2.64. The fourth-order valence-corrected chi connectivity index (χ4v) is 1.04. The minimum absolute atomic E-state index is 0.515. The lowest BCUT2D eigenvalue weighted by molar-refractivity contribution is 0.406. The lowest BCUT2D eigenvalue weighted by Crippen LogP contribution is -2.16. The van der Waals surface area contributed by atoms with E-state index in [0.717, 1.165) is 1.93 Å². The Labute approximate surface area is 79.1 Å². The van der Waals surface area contributed by atoms with Crippen LogP contribution in [0.5, 0.6) is 0 Å². The maximum Gasteiger partial charge on any atom is 0.0677 e. The third kappa shape index (κ3) is 2.85. The highest BCUT2D eigenvalue weighted by atomic mass is 127. The molecule has 0 aromatic heterocycles. The SMILES string of the molecule is CCC(C)(C)C(I)I. The monoisotopic (exact) mass is 338 g/mol. The van der Waals surface area contributed by atoms with Gasteiger partial charge in [-0.15, -0.1) is 0 Å². The van der Waals surface area contributed by atoms with E-state index < -0.39 is 0 Å². The van der Waals surface area contributed by atoms with E-state index in [1.54, 1.807) is 0 Å². The Balaban J connectivity index is 3.71. The fraction of sp³-hybridized carbons (Fsp3) is 1.00. The van der Waals surface area contributed by atoms with Crippen LogP contribution < -0.4 is 0 Å². The van der Waals surface area contributed by atoms with Crippen LogP contribution in [0.2, 0.25) is 0 Å². The molecule has 0 aromatic carbocycles. The predicted octanol–water partition coefficient (Wildman–Crippen LogP) is 3.62. The molecule has 0 fully saturated rings. The normalized spacial score (nSPS) is 12.8. The molecule has 0 amide bonds. The Bertz CT molecular complexity index is 66.9. The van der Waals surface area contributed by atoms with Gasteiger partial charge in [0.15, 0.2) is 0 Å². The van der Waals surface area contributed by atoms with Gasteiger partial charge >= 0.3 is 0 Å². The van der Waals surface area contributed by atoms with Gasteiger partial charge in [0.2, 0.25) is 0 Å². The van der Waals surface area contributed by atoms with E-state index in [1.165, 1.54) is 6.42 Å². The molecule has 0 heterocycles. The van der Waals surface area contributed by atoms with Gasteiger partial charge in [0.05, 0.1) is 1.93 Å². The quantitative estimate of drug-likeness (QED) is 0.533. The molecular formula is C6H12I2. The van der Waals surface area contributed by atoms with Crippen LogP contribution in [0.1, 0.15) is 27.2 Å². The molecule has 50 valence electrons. The van der Waals surface area contributed by atoms with Crippen LogP contribution in [0.15, 0.2) is 0 Å². The lowest BCUT2D eigenvalue weighted by Gasteiger charge is -2.24. The van der Waals surface area contributed by atoms with Crippen molar-refractivity contribution >= 4 is 45.2 Å². The van der Waals surface area contributed by atoms with Crippen LogP contribution in [0.25, 0.3) is 0 Å². The summed E-state index contributed by atoms with van der Waals surface area (Å²) in [4.78, 5) is 0. The summed E-state index contributed by atoms with van der Waals surface area (Å²) < 4.78 is 0.752. The number of rotatable bonds is 2. The summed E-state index contributed by atoms with van der Waals surface area (Å²) in [6.45, 7) is 6.84. The van der Waals surface area contributed by atoms with Gasteiger partial charge in [-0.1, -0.05) is 66.0 Å². The third-order valence-corrected chi connectivity index (χ3v) is 4.87. The van der Waals surface area contributed by atoms with Crippen molar-refractivity contribution < 1.29 is 0 Å². The van der Waals surface area contributed by atoms with Gasteiger partial charge < -0.3 is 0 Å². The first-order valence-electron chi connectivity index (χ1n) is 2.79. The zero-order valence-corrected chi connectivity index (χ0v) is 9.86. The summed E-state index contributed by atoms with van der Waals surface area (Å²) in [5.41, 5.74) is 0.515. The van der Waals surface area contributed by atoms with Gasteiger partial charge in [-0.25, -0.2) is 0 Å². The van der Waals surface area contributed by atoms with Crippen molar-refractivity contribution in [2.75, 3.05) is 0 Å². The summed E-state index contributed by atoms with van der Waals surface area (Å²) in [7, 11) is 0. The molecule has 8 heavy (non-hydrogen) atoms. The van der Waals surface area contributed by atoms with Crippen molar-refractivity contribution in [2.24, 2.45) is 5.41 Å². The van der Waals surface area contributed by atoms with Crippen LogP contribution in [0.3, 0.4) is 0 Å². The minimum atomic E-state index is 0.515. The molecule has 0 saturated heterocycles. The molecule has 0 aliphatic carbocycles. The summed E-state index contributed by atoms with van der Waals surface area (Å²) >= 11 is 4.94. The molecule has 2 heteroatoms. The van der Waals surface area contributed by atoms with Gasteiger partial charge in [0, 0.05) is 0 Å². The molecule has 0 atom stereocenters. The predicted molar refractivity (Wildman–Crippen MR) is 55.9 cm³/mol. The van der Waals surface area contributed by atoms with Gasteiger partial charge in [0.25, 0.3) is 0 Å². The molecule has 0 nitrogen and oxygen atoms in total. The molecule has 0 saturated carbocycles. The van der Waals surface area contributed by atoms with Crippen LogP contribution >= 0.6 is 45.2 Å². The Morgan fingerprint density at radius 1 is 1.38 bits per heavy atom. The average Bonchev–Trinajstić information content (AvgIpc) is 1.67. The second-order valence-corrected chi connectivity index (χ2v) is 7.52. The summed E-state index contributed by atoms with van der Waals surface area (Å²) in [5, 5.41) is 0. The lowest BCUT2D eigenvalue weighted by atomic mass is 9.94. The smallest absolute Gasteiger partial charge is 0.0677 e. The van der Waals surface area contributed by atoms with Crippen molar-refractivity contribution in [3.8, 4) is 0 Å². The Morgan fingerprint density at radius 3 is 1.75 bits per heavy atom. The molecule has 0 bridgehead atoms. The number of halogens is 2. The molecule has 0 aromatic rings. The average molecular weight is 338 g/mol. The summed E-state index contributed by atoms with van der Waals surface area (Å²) in [6, 6.07) is 0. The fourth-order valence-electron chi connectivity index (χ4n) is 0.154. The van der Waals surface area contributed by atoms with Crippen LogP contribution in [0.4, 0.5) is 0 Å². The largest absolute Gasteiger partial charge is 0.0704 e. The van der Waals surface area contributed by atoms with Crippen molar-refractivity contribution in [3.05, 3.63) is 0 Å². The van der Waals surface area contributed by atoms with Gasteiger partial charge in [-0.3, -0.25) is 0 Å². The highest BCUT2D eigenvalue weighted by molar-refractivity contribution is 14.2. The molecule has 0 unspecified atom stereocenters. The number of hydrogen-bond acceptors (Lipinski definition) is 0. The Morgan fingerprint density at radius 2 is 1.75 bits per heavy atom. The molecule has 0 spiro atoms. The van der Waals surface area contributed by atoms with Gasteiger partial charge in [0.1, 0.15) is 0 Å². The van der Waals surface area contributed by atoms with E-state index >= 15 is 0 Å². The van der Waals surface area contributed by atoms with Gasteiger partial charge in [-0.05, 0) is 11.8 Å². The standard InChI is InChI=1S/C6H12I2/c1-4-6(2,3)5(7)8/h5H,4H2,1-3H3. The zero-order chi connectivity index (χ0) is 6.78. The van der Waals surface area contributed by atoms with Crippen molar-refractivity contribution in [1.29, 1.82) is 0 Å². The zero-order valence-electron chi connectivity index (χ0n) is 5.54. The molecule has 0 radical (unpaired) electrons. The van der Waals surface area contributed by atoms with Crippen LogP contribution in [-0.4, -0.2) is 1.93 Å². The maximum absolute atomic E-state index is 2.47. The molecule has 0 aliphatic rings. The Kier molecular flexibility index (Phi) is 4.24. The van der Waals surface area contributed by atoms with E-state index in [2.05, 4.69) is 66.0 Å². The summed E-state index contributed by atoms with van der Waals surface area (Å²) in [5.74, 6) is 0. The topological polar surface area (TPSA) is 0 Å². The van der Waals surface area contributed by atoms with Gasteiger partial charge in [-0.2, -0.15) is 0 Å². The highest BCUT2D eigenvalue weighted by Gasteiger charge is 2.21. The molecule has 0 N–H and O–H groups in total. The number of hydrogen-bond donors (Lipinski definition) is 0. The maximum atomic E-state index is 2.47. The first kappa shape index (κ1) is 9.46. The van der Waals surface area contributed by atoms with E-state index in [1.807, 2.05) is 0 Å². The molecule has 0 aliphatic heterocycles. The first-order chi connectivity index (χ1) is 3.50. The van der Waals surface area contributed by atoms with E-state index in [-0.39, 0.29) is 0 Å². The summed E-state index contributed by atoms with van der Waals surface area (Å²) in [6.07, 6.45) is 1.27. The first-order valence-corrected chi connectivity index (χ1v) is 5.28. The second kappa shape index (κ2) is 3.58. The van der Waals surface area contributed by atoms with Crippen molar-refractivity contribution in [1.82, 2.24) is 0 Å².